The van der Waals surface area contributed by atoms with Crippen LogP contribution >= 0.6 is 22.6 Å². The van der Waals surface area contributed by atoms with Gasteiger partial charge in [0.05, 0.1) is 15.2 Å². The van der Waals surface area contributed by atoms with Gasteiger partial charge in [-0.2, -0.15) is 0 Å². The number of rotatable bonds is 4. The summed E-state index contributed by atoms with van der Waals surface area (Å²) >= 11 is 2.27. The van der Waals surface area contributed by atoms with Crippen molar-refractivity contribution >= 4 is 34.4 Å². The quantitative estimate of drug-likeness (QED) is 0.818. The Hall–Kier alpha value is -0.920. The number of hydrogen-bond acceptors (Lipinski definition) is 4. The first kappa shape index (κ1) is 14.5. The van der Waals surface area contributed by atoms with Crippen LogP contribution in [0.15, 0.2) is 6.33 Å². The highest BCUT2D eigenvalue weighted by molar-refractivity contribution is 14.1. The molecule has 0 spiro atoms. The zero-order valence-electron chi connectivity index (χ0n) is 11.1. The number of carboxylic acid groups (broad SMARTS) is 1. The van der Waals surface area contributed by atoms with Crippen molar-refractivity contribution in [3.8, 4) is 0 Å². The molecule has 1 N–H and O–H groups in total. The van der Waals surface area contributed by atoms with Crippen molar-refractivity contribution in [3.05, 3.63) is 15.6 Å². The number of aliphatic carboxylic acids is 1. The molecule has 0 amide bonds. The summed E-state index contributed by atoms with van der Waals surface area (Å²) in [7, 11) is 0. The van der Waals surface area contributed by atoms with Crippen LogP contribution in [0, 0.1) is 15.4 Å². The van der Waals surface area contributed by atoms with Crippen LogP contribution in [0.2, 0.25) is 0 Å². The van der Waals surface area contributed by atoms with Gasteiger partial charge in [-0.05, 0) is 41.4 Å². The summed E-state index contributed by atoms with van der Waals surface area (Å²) in [6.07, 6.45) is 3.20. The van der Waals surface area contributed by atoms with Gasteiger partial charge in [-0.15, -0.1) is 0 Å². The molecule has 104 valence electrons. The molecule has 1 aromatic rings. The smallest absolute Gasteiger partial charge is 0.308 e. The average molecular weight is 375 g/mol. The van der Waals surface area contributed by atoms with E-state index in [0.717, 1.165) is 28.0 Å². The Labute approximate surface area is 126 Å². The lowest BCUT2D eigenvalue weighted by Crippen LogP contribution is -2.25. The third-order valence-corrected chi connectivity index (χ3v) is 4.39. The highest BCUT2D eigenvalue weighted by atomic mass is 127. The maximum absolute atomic E-state index is 11.0. The largest absolute Gasteiger partial charge is 0.481 e. The van der Waals surface area contributed by atoms with Gasteiger partial charge in [0, 0.05) is 13.1 Å². The average Bonchev–Trinajstić information content (AvgIpc) is 2.80. The number of carboxylic acids is 1. The maximum atomic E-state index is 11.0. The number of aromatic nitrogens is 2. The summed E-state index contributed by atoms with van der Waals surface area (Å²) in [6, 6.07) is 0. The summed E-state index contributed by atoms with van der Waals surface area (Å²) in [6.45, 7) is 5.62. The lowest BCUT2D eigenvalue weighted by Gasteiger charge is -2.19. The van der Waals surface area contributed by atoms with Crippen molar-refractivity contribution in [1.29, 1.82) is 0 Å². The third-order valence-electron chi connectivity index (χ3n) is 3.28. The van der Waals surface area contributed by atoms with Gasteiger partial charge in [0.1, 0.15) is 12.1 Å². The fraction of sp³-hybridized carbons (Fsp3) is 0.615. The number of halogens is 1. The fourth-order valence-corrected chi connectivity index (χ4v) is 3.14. The molecule has 1 aliphatic rings. The molecule has 2 rings (SSSR count). The zero-order valence-corrected chi connectivity index (χ0v) is 13.3. The Kier molecular flexibility index (Phi) is 4.59. The molecule has 0 aliphatic carbocycles. The molecular weight excluding hydrogens is 357 g/mol. The summed E-state index contributed by atoms with van der Waals surface area (Å²) in [5.74, 6) is 0.435. The van der Waals surface area contributed by atoms with Crippen LogP contribution in [0.3, 0.4) is 0 Å². The Bertz CT molecular complexity index is 479. The minimum Gasteiger partial charge on any atom is -0.481 e. The van der Waals surface area contributed by atoms with Gasteiger partial charge in [-0.25, -0.2) is 9.97 Å². The van der Waals surface area contributed by atoms with Crippen LogP contribution in [-0.2, 0) is 11.2 Å². The van der Waals surface area contributed by atoms with E-state index in [-0.39, 0.29) is 5.92 Å². The molecule has 2 heterocycles. The zero-order chi connectivity index (χ0) is 14.0. The number of hydrogen-bond donors (Lipinski definition) is 1. The highest BCUT2D eigenvalue weighted by Crippen LogP contribution is 2.28. The van der Waals surface area contributed by atoms with Gasteiger partial charge in [-0.1, -0.05) is 13.8 Å². The van der Waals surface area contributed by atoms with Crippen LogP contribution in [0.5, 0.6) is 0 Å². The van der Waals surface area contributed by atoms with E-state index in [1.807, 2.05) is 0 Å². The fourth-order valence-electron chi connectivity index (χ4n) is 2.30. The van der Waals surface area contributed by atoms with E-state index in [1.54, 1.807) is 6.33 Å². The third kappa shape index (κ3) is 3.34. The first-order valence-corrected chi connectivity index (χ1v) is 7.54. The predicted octanol–water partition coefficient (Wildman–Crippen LogP) is 2.19. The molecule has 6 heteroatoms. The van der Waals surface area contributed by atoms with E-state index < -0.39 is 5.97 Å². The van der Waals surface area contributed by atoms with Crippen molar-refractivity contribution in [1.82, 2.24) is 9.97 Å². The van der Waals surface area contributed by atoms with Crippen molar-refractivity contribution in [2.45, 2.75) is 26.7 Å². The Morgan fingerprint density at radius 1 is 1.58 bits per heavy atom. The molecule has 0 aromatic carbocycles. The lowest BCUT2D eigenvalue weighted by atomic mass is 10.1. The summed E-state index contributed by atoms with van der Waals surface area (Å²) in [5, 5.41) is 9.06. The normalized spacial score (nSPS) is 19.2. The van der Waals surface area contributed by atoms with E-state index in [2.05, 4.69) is 51.3 Å². The number of carbonyl (C=O) groups is 1. The maximum Gasteiger partial charge on any atom is 0.308 e. The highest BCUT2D eigenvalue weighted by Gasteiger charge is 2.30. The second-order valence-electron chi connectivity index (χ2n) is 5.33. The van der Waals surface area contributed by atoms with Crippen LogP contribution in [-0.4, -0.2) is 34.1 Å². The van der Waals surface area contributed by atoms with Crippen LogP contribution in [0.1, 0.15) is 26.0 Å². The van der Waals surface area contributed by atoms with Gasteiger partial charge in [0.15, 0.2) is 0 Å². The van der Waals surface area contributed by atoms with Crippen molar-refractivity contribution < 1.29 is 9.90 Å². The predicted molar refractivity (Wildman–Crippen MR) is 81.2 cm³/mol. The van der Waals surface area contributed by atoms with E-state index in [4.69, 9.17) is 5.11 Å². The standard InChI is InChI=1S/C13H18IN3O2/c1-8(2)5-10-11(14)12(16-7-15-10)17-4-3-9(6-17)13(18)19/h7-9H,3-6H2,1-2H3,(H,18,19). The SMILES string of the molecule is CC(C)Cc1ncnc(N2CCC(C(=O)O)C2)c1I. The first-order chi connectivity index (χ1) is 8.99. The molecule has 0 bridgehead atoms. The first-order valence-electron chi connectivity index (χ1n) is 6.46. The van der Waals surface area contributed by atoms with Gasteiger partial charge in [0.2, 0.25) is 0 Å². The molecule has 1 fully saturated rings. The Morgan fingerprint density at radius 2 is 2.32 bits per heavy atom. The minimum absolute atomic E-state index is 0.278. The van der Waals surface area contributed by atoms with Gasteiger partial charge in [0.25, 0.3) is 0 Å². The second kappa shape index (κ2) is 6.02. The molecular formula is C13H18IN3O2. The second-order valence-corrected chi connectivity index (χ2v) is 6.40. The van der Waals surface area contributed by atoms with Crippen molar-refractivity contribution in [2.24, 2.45) is 11.8 Å². The van der Waals surface area contributed by atoms with Crippen LogP contribution in [0.4, 0.5) is 5.82 Å². The van der Waals surface area contributed by atoms with Crippen molar-refractivity contribution in [2.75, 3.05) is 18.0 Å². The number of anilines is 1. The van der Waals surface area contributed by atoms with E-state index >= 15 is 0 Å². The summed E-state index contributed by atoms with van der Waals surface area (Å²) in [5.41, 5.74) is 1.05. The molecule has 1 unspecified atom stereocenters. The molecule has 5 nitrogen and oxygen atoms in total. The van der Waals surface area contributed by atoms with Crippen molar-refractivity contribution in [3.63, 3.8) is 0 Å². The van der Waals surface area contributed by atoms with E-state index in [1.165, 1.54) is 0 Å². The van der Waals surface area contributed by atoms with Gasteiger partial charge < -0.3 is 10.0 Å². The molecule has 1 aliphatic heterocycles. The molecule has 0 radical (unpaired) electrons. The molecule has 1 saturated heterocycles. The van der Waals surface area contributed by atoms with Gasteiger partial charge >= 0.3 is 5.97 Å². The molecule has 0 saturated carbocycles. The summed E-state index contributed by atoms with van der Waals surface area (Å²) < 4.78 is 1.06. The monoisotopic (exact) mass is 375 g/mol. The van der Waals surface area contributed by atoms with Gasteiger partial charge in [-0.3, -0.25) is 4.79 Å². The van der Waals surface area contributed by atoms with Crippen LogP contribution in [0.25, 0.3) is 0 Å². The Morgan fingerprint density at radius 3 is 2.89 bits per heavy atom. The van der Waals surface area contributed by atoms with E-state index in [9.17, 15) is 4.79 Å². The summed E-state index contributed by atoms with van der Waals surface area (Å²) in [4.78, 5) is 21.8. The minimum atomic E-state index is -0.714. The molecule has 1 atom stereocenters. The van der Waals surface area contributed by atoms with E-state index in [0.29, 0.717) is 18.9 Å². The molecule has 19 heavy (non-hydrogen) atoms. The lowest BCUT2D eigenvalue weighted by molar-refractivity contribution is -0.140. The number of nitrogens with zero attached hydrogens (tertiary/aromatic N) is 3. The Balaban J connectivity index is 2.19. The van der Waals surface area contributed by atoms with Crippen LogP contribution < -0.4 is 4.90 Å². The molecule has 1 aromatic heterocycles. The topological polar surface area (TPSA) is 66.3 Å².